The highest BCUT2D eigenvalue weighted by Gasteiger charge is 2.38. The number of hydrogen-bond acceptors (Lipinski definition) is 6. The standard InChI is InChI=1S/C27H26N6O4S/c1-17(35)29-24(19-6-3-2-4-7-19)26(37)33-13-5-8-21(33)25(36)30-20-11-9-18(10-12-20)22-14-32-15-23(28-16-34)31-27(32)38-22/h2-4,6-7,9-12,14-16,21,24H,5,8,13H2,1H3,(H,28,34)(H,29,35)(H,30,36)/t21-,24?/m0/s1. The van der Waals surface area contributed by atoms with Crippen molar-refractivity contribution in [2.75, 3.05) is 17.2 Å². The van der Waals surface area contributed by atoms with Crippen molar-refractivity contribution in [1.29, 1.82) is 0 Å². The van der Waals surface area contributed by atoms with Crippen molar-refractivity contribution in [3.63, 3.8) is 0 Å². The van der Waals surface area contributed by atoms with Gasteiger partial charge in [0.1, 0.15) is 12.1 Å². The van der Waals surface area contributed by atoms with Gasteiger partial charge in [-0.15, -0.1) is 0 Å². The largest absolute Gasteiger partial charge is 0.341 e. The molecule has 2 atom stereocenters. The van der Waals surface area contributed by atoms with Crippen LogP contribution in [0, 0.1) is 0 Å². The Balaban J connectivity index is 1.27. The minimum Gasteiger partial charge on any atom is -0.341 e. The van der Waals surface area contributed by atoms with E-state index < -0.39 is 12.1 Å². The number of carbonyl (C=O) groups is 4. The van der Waals surface area contributed by atoms with Gasteiger partial charge in [-0.2, -0.15) is 0 Å². The zero-order chi connectivity index (χ0) is 26.6. The maximum absolute atomic E-state index is 13.5. The molecule has 11 heteroatoms. The molecule has 1 saturated heterocycles. The molecule has 0 saturated carbocycles. The Kier molecular flexibility index (Phi) is 7.18. The average Bonchev–Trinajstić information content (AvgIpc) is 3.63. The number of nitrogens with one attached hydrogen (secondary N) is 3. The molecule has 1 aliphatic heterocycles. The maximum Gasteiger partial charge on any atom is 0.250 e. The number of anilines is 2. The van der Waals surface area contributed by atoms with E-state index in [0.29, 0.717) is 42.9 Å². The second-order valence-corrected chi connectivity index (χ2v) is 9.98. The Labute approximate surface area is 222 Å². The number of hydrogen-bond donors (Lipinski definition) is 3. The molecule has 194 valence electrons. The first kappa shape index (κ1) is 25.2. The number of aromatic nitrogens is 2. The summed E-state index contributed by atoms with van der Waals surface area (Å²) in [6, 6.07) is 15.0. The summed E-state index contributed by atoms with van der Waals surface area (Å²) in [5, 5.41) is 8.20. The van der Waals surface area contributed by atoms with E-state index in [1.165, 1.54) is 18.3 Å². The molecule has 2 aromatic carbocycles. The molecule has 4 aromatic rings. The first-order valence-electron chi connectivity index (χ1n) is 12.2. The molecule has 1 aliphatic rings. The number of fused-ring (bicyclic) bond motifs is 1. The predicted molar refractivity (Wildman–Crippen MR) is 145 cm³/mol. The fourth-order valence-electron chi connectivity index (χ4n) is 4.61. The Bertz CT molecular complexity index is 1450. The van der Waals surface area contributed by atoms with Crippen LogP contribution in [0.5, 0.6) is 0 Å². The lowest BCUT2D eigenvalue weighted by Crippen LogP contribution is -2.48. The Hall–Kier alpha value is -4.51. The van der Waals surface area contributed by atoms with Gasteiger partial charge in [-0.3, -0.25) is 23.6 Å². The summed E-state index contributed by atoms with van der Waals surface area (Å²) in [6.07, 6.45) is 5.51. The van der Waals surface area contributed by atoms with Crippen LogP contribution in [0.4, 0.5) is 11.5 Å². The topological polar surface area (TPSA) is 125 Å². The van der Waals surface area contributed by atoms with E-state index in [1.54, 1.807) is 23.2 Å². The smallest absolute Gasteiger partial charge is 0.250 e. The van der Waals surface area contributed by atoms with Crippen LogP contribution in [0.1, 0.15) is 31.4 Å². The third-order valence-corrected chi connectivity index (χ3v) is 7.41. The van der Waals surface area contributed by atoms with Gasteiger partial charge in [-0.1, -0.05) is 53.8 Å². The molecule has 3 N–H and O–H groups in total. The third-order valence-electron chi connectivity index (χ3n) is 6.37. The van der Waals surface area contributed by atoms with Gasteiger partial charge in [0, 0.05) is 25.4 Å². The SMILES string of the molecule is CC(=O)NC(C(=O)N1CCC[C@H]1C(=O)Nc1ccc(-c2cn3cc(NC=O)nc3s2)cc1)c1ccccc1. The van der Waals surface area contributed by atoms with Crippen molar-refractivity contribution in [3.8, 4) is 10.4 Å². The summed E-state index contributed by atoms with van der Waals surface area (Å²) in [7, 11) is 0. The van der Waals surface area contributed by atoms with Crippen molar-refractivity contribution in [3.05, 3.63) is 72.6 Å². The number of imidazole rings is 1. The number of nitrogens with zero attached hydrogens (tertiary/aromatic N) is 3. The fraction of sp³-hybridized carbons (Fsp3) is 0.222. The molecule has 0 aliphatic carbocycles. The summed E-state index contributed by atoms with van der Waals surface area (Å²) in [6.45, 7) is 1.82. The second kappa shape index (κ2) is 10.9. The van der Waals surface area contributed by atoms with Crippen LogP contribution in [0.15, 0.2) is 67.0 Å². The van der Waals surface area contributed by atoms with Gasteiger partial charge in [0.2, 0.25) is 24.1 Å². The van der Waals surface area contributed by atoms with Crippen molar-refractivity contribution in [2.24, 2.45) is 0 Å². The molecule has 10 nitrogen and oxygen atoms in total. The molecule has 1 fully saturated rings. The van der Waals surface area contributed by atoms with Crippen molar-refractivity contribution >= 4 is 51.9 Å². The van der Waals surface area contributed by atoms with Crippen LogP contribution >= 0.6 is 11.3 Å². The first-order chi connectivity index (χ1) is 18.4. The monoisotopic (exact) mass is 530 g/mol. The summed E-state index contributed by atoms with van der Waals surface area (Å²) in [4.78, 5) is 56.7. The summed E-state index contributed by atoms with van der Waals surface area (Å²) in [5.41, 5.74) is 2.26. The number of thiazole rings is 1. The van der Waals surface area contributed by atoms with Crippen molar-refractivity contribution in [1.82, 2.24) is 19.6 Å². The second-order valence-electron chi connectivity index (χ2n) is 8.97. The van der Waals surface area contributed by atoms with Gasteiger partial charge < -0.3 is 20.9 Å². The molecule has 1 unspecified atom stereocenters. The van der Waals surface area contributed by atoms with E-state index in [9.17, 15) is 19.2 Å². The van der Waals surface area contributed by atoms with E-state index in [0.717, 1.165) is 15.4 Å². The fourth-order valence-corrected chi connectivity index (χ4v) is 5.58. The first-order valence-corrected chi connectivity index (χ1v) is 13.0. The van der Waals surface area contributed by atoms with Crippen LogP contribution in [-0.4, -0.2) is 51.0 Å². The van der Waals surface area contributed by atoms with Gasteiger partial charge in [0.15, 0.2) is 10.8 Å². The molecule has 5 rings (SSSR count). The number of amides is 4. The molecular weight excluding hydrogens is 504 g/mol. The predicted octanol–water partition coefficient (Wildman–Crippen LogP) is 3.44. The quantitative estimate of drug-likeness (QED) is 0.301. The lowest BCUT2D eigenvalue weighted by Gasteiger charge is -2.28. The molecule has 0 radical (unpaired) electrons. The van der Waals surface area contributed by atoms with E-state index >= 15 is 0 Å². The minimum atomic E-state index is -0.849. The van der Waals surface area contributed by atoms with Crippen molar-refractivity contribution in [2.45, 2.75) is 31.8 Å². The van der Waals surface area contributed by atoms with Gasteiger partial charge in [-0.25, -0.2) is 4.98 Å². The molecule has 4 amide bonds. The number of carbonyl (C=O) groups excluding carboxylic acids is 4. The molecule has 2 aromatic heterocycles. The van der Waals surface area contributed by atoms with Gasteiger partial charge in [-0.05, 0) is 36.1 Å². The molecule has 3 heterocycles. The van der Waals surface area contributed by atoms with Crippen LogP contribution in [0.25, 0.3) is 15.4 Å². The summed E-state index contributed by atoms with van der Waals surface area (Å²) >= 11 is 1.48. The van der Waals surface area contributed by atoms with Crippen LogP contribution in [0.2, 0.25) is 0 Å². The Morgan fingerprint density at radius 1 is 1.08 bits per heavy atom. The maximum atomic E-state index is 13.5. The highest BCUT2D eigenvalue weighted by Crippen LogP contribution is 2.30. The van der Waals surface area contributed by atoms with E-state index in [1.807, 2.05) is 53.1 Å². The van der Waals surface area contributed by atoms with E-state index in [2.05, 4.69) is 20.9 Å². The van der Waals surface area contributed by atoms with Gasteiger partial charge in [0.25, 0.3) is 0 Å². The number of rotatable bonds is 8. The van der Waals surface area contributed by atoms with E-state index in [4.69, 9.17) is 0 Å². The zero-order valence-electron chi connectivity index (χ0n) is 20.6. The van der Waals surface area contributed by atoms with E-state index in [-0.39, 0.29) is 17.7 Å². The van der Waals surface area contributed by atoms with Crippen LogP contribution < -0.4 is 16.0 Å². The average molecular weight is 531 g/mol. The Morgan fingerprint density at radius 2 is 1.84 bits per heavy atom. The van der Waals surface area contributed by atoms with Crippen LogP contribution in [0.3, 0.4) is 0 Å². The number of benzene rings is 2. The normalized spacial score (nSPS) is 15.7. The summed E-state index contributed by atoms with van der Waals surface area (Å²) < 4.78 is 1.84. The zero-order valence-corrected chi connectivity index (χ0v) is 21.4. The highest BCUT2D eigenvalue weighted by atomic mass is 32.1. The molecule has 0 bridgehead atoms. The minimum absolute atomic E-state index is 0.261. The van der Waals surface area contributed by atoms with Crippen molar-refractivity contribution < 1.29 is 19.2 Å². The van der Waals surface area contributed by atoms with Crippen LogP contribution in [-0.2, 0) is 19.2 Å². The highest BCUT2D eigenvalue weighted by molar-refractivity contribution is 7.20. The van der Waals surface area contributed by atoms with Gasteiger partial charge in [0.05, 0.1) is 11.1 Å². The third kappa shape index (κ3) is 5.28. The molecular formula is C27H26N6O4S. The summed E-state index contributed by atoms with van der Waals surface area (Å²) in [5.74, 6) is -0.385. The Morgan fingerprint density at radius 3 is 2.53 bits per heavy atom. The lowest BCUT2D eigenvalue weighted by molar-refractivity contribution is -0.140. The number of likely N-dealkylation sites (tertiary alicyclic amines) is 1. The van der Waals surface area contributed by atoms with Gasteiger partial charge >= 0.3 is 0 Å². The lowest BCUT2D eigenvalue weighted by atomic mass is 10.0. The molecule has 38 heavy (non-hydrogen) atoms. The molecule has 0 spiro atoms.